The summed E-state index contributed by atoms with van der Waals surface area (Å²) in [6.45, 7) is -0.229. The Labute approximate surface area is 128 Å². The molecule has 8 heteroatoms. The van der Waals surface area contributed by atoms with Crippen molar-refractivity contribution in [1.82, 2.24) is 0 Å². The van der Waals surface area contributed by atoms with Gasteiger partial charge < -0.3 is 14.6 Å². The quantitative estimate of drug-likeness (QED) is 0.549. The molecule has 0 spiro atoms. The van der Waals surface area contributed by atoms with Crippen molar-refractivity contribution in [2.24, 2.45) is 0 Å². The zero-order valence-corrected chi connectivity index (χ0v) is 10.1. The molecule has 0 aliphatic heterocycles. The van der Waals surface area contributed by atoms with E-state index in [1.165, 1.54) is 7.11 Å². The zero-order chi connectivity index (χ0) is 12.9. The third-order valence-corrected chi connectivity index (χ3v) is 2.69. The van der Waals surface area contributed by atoms with Crippen molar-refractivity contribution in [2.45, 2.75) is 6.10 Å². The van der Waals surface area contributed by atoms with E-state index in [1.54, 1.807) is 24.3 Å². The van der Waals surface area contributed by atoms with Crippen LogP contribution >= 0.6 is 0 Å². The Hall–Kier alpha value is -0.310. The maximum atomic E-state index is 10.5. The summed E-state index contributed by atoms with van der Waals surface area (Å²) in [6, 6.07) is 6.66. The van der Waals surface area contributed by atoms with Crippen LogP contribution in [0.1, 0.15) is 0 Å². The number of aliphatic hydroxyl groups excluding tert-OH is 1. The molecule has 0 aromatic heterocycles. The third-order valence-electron chi connectivity index (χ3n) is 1.89. The summed E-state index contributed by atoms with van der Waals surface area (Å²) in [5.41, 5.74) is 0. The summed E-state index contributed by atoms with van der Waals surface area (Å²) >= 11 is 0. The van der Waals surface area contributed by atoms with Gasteiger partial charge in [-0.3, -0.25) is 4.55 Å². The van der Waals surface area contributed by atoms with Crippen LogP contribution in [0.5, 0.6) is 11.5 Å². The molecule has 1 aromatic carbocycles. The minimum absolute atomic E-state index is 0. The van der Waals surface area contributed by atoms with Crippen LogP contribution in [-0.2, 0) is 10.1 Å². The van der Waals surface area contributed by atoms with E-state index in [1.807, 2.05) is 0 Å². The third kappa shape index (κ3) is 7.20. The van der Waals surface area contributed by atoms with Crippen LogP contribution in [0.2, 0.25) is 0 Å². The Balaban J connectivity index is 0.00000289. The van der Waals surface area contributed by atoms with Gasteiger partial charge in [-0.25, -0.2) is 0 Å². The van der Waals surface area contributed by atoms with Crippen molar-refractivity contribution in [3.05, 3.63) is 24.3 Å². The molecule has 0 bridgehead atoms. The number of aliphatic hydroxyl groups is 1. The first-order valence-electron chi connectivity index (χ1n) is 4.81. The molecule has 1 unspecified atom stereocenters. The van der Waals surface area contributed by atoms with Gasteiger partial charge in [0.25, 0.3) is 10.1 Å². The van der Waals surface area contributed by atoms with E-state index in [9.17, 15) is 13.5 Å². The zero-order valence-electron chi connectivity index (χ0n) is 9.24. The van der Waals surface area contributed by atoms with Gasteiger partial charge in [0.2, 0.25) is 0 Å². The van der Waals surface area contributed by atoms with Gasteiger partial charge in [0.05, 0.1) is 7.11 Å². The molecule has 0 heterocycles. The Morgan fingerprint density at radius 1 is 1.33 bits per heavy atom. The Morgan fingerprint density at radius 2 is 1.94 bits per heavy atom. The van der Waals surface area contributed by atoms with Gasteiger partial charge in [-0.05, 0) is 12.1 Å². The number of rotatable bonds is 6. The molecule has 18 heavy (non-hydrogen) atoms. The SMILES string of the molecule is COc1cccc(OCC(O)CS(=O)(=O)O)c1.[NaH]. The molecule has 0 fully saturated rings. The number of hydrogen-bond donors (Lipinski definition) is 2. The van der Waals surface area contributed by atoms with Crippen LogP contribution < -0.4 is 9.47 Å². The molecular formula is C10H15NaO6S. The fourth-order valence-electron chi connectivity index (χ4n) is 1.17. The molecule has 0 amide bonds. The molecule has 6 nitrogen and oxygen atoms in total. The molecule has 98 valence electrons. The number of benzene rings is 1. The summed E-state index contributed by atoms with van der Waals surface area (Å²) < 4.78 is 39.6. The van der Waals surface area contributed by atoms with Crippen molar-refractivity contribution in [2.75, 3.05) is 19.5 Å². The summed E-state index contributed by atoms with van der Waals surface area (Å²) in [5, 5.41) is 9.28. The Morgan fingerprint density at radius 3 is 2.50 bits per heavy atom. The molecule has 0 aliphatic rings. The van der Waals surface area contributed by atoms with E-state index in [2.05, 4.69) is 0 Å². The molecule has 2 N–H and O–H groups in total. The van der Waals surface area contributed by atoms with E-state index in [0.29, 0.717) is 11.5 Å². The predicted molar refractivity (Wildman–Crippen MR) is 68.1 cm³/mol. The Kier molecular flexibility index (Phi) is 7.84. The average molecular weight is 286 g/mol. The van der Waals surface area contributed by atoms with Crippen LogP contribution in [0, 0.1) is 0 Å². The average Bonchev–Trinajstić information content (AvgIpc) is 2.24. The summed E-state index contributed by atoms with van der Waals surface area (Å²) in [4.78, 5) is 0. The van der Waals surface area contributed by atoms with Crippen LogP contribution in [-0.4, -0.2) is 73.2 Å². The van der Waals surface area contributed by atoms with Gasteiger partial charge in [-0.15, -0.1) is 0 Å². The van der Waals surface area contributed by atoms with Crippen molar-refractivity contribution in [3.8, 4) is 11.5 Å². The molecule has 0 saturated heterocycles. The van der Waals surface area contributed by atoms with Crippen LogP contribution in [0.25, 0.3) is 0 Å². The van der Waals surface area contributed by atoms with Crippen LogP contribution in [0.15, 0.2) is 24.3 Å². The van der Waals surface area contributed by atoms with E-state index < -0.39 is 22.0 Å². The molecule has 1 atom stereocenters. The van der Waals surface area contributed by atoms with Gasteiger partial charge in [0, 0.05) is 6.07 Å². The van der Waals surface area contributed by atoms with Crippen LogP contribution in [0.3, 0.4) is 0 Å². The summed E-state index contributed by atoms with van der Waals surface area (Å²) in [6.07, 6.45) is -1.28. The number of methoxy groups -OCH3 is 1. The van der Waals surface area contributed by atoms with Gasteiger partial charge in [-0.2, -0.15) is 8.42 Å². The number of hydrogen-bond acceptors (Lipinski definition) is 5. The standard InChI is InChI=1S/C10H14O6S.Na.H/c1-15-9-3-2-4-10(5-9)16-6-8(11)7-17(12,13)14;;/h2-5,8,11H,6-7H2,1H3,(H,12,13,14);;. The van der Waals surface area contributed by atoms with Gasteiger partial charge >= 0.3 is 29.6 Å². The van der Waals surface area contributed by atoms with Gasteiger partial charge in [-0.1, -0.05) is 6.07 Å². The monoisotopic (exact) mass is 286 g/mol. The first kappa shape index (κ1) is 17.7. The van der Waals surface area contributed by atoms with Crippen molar-refractivity contribution in [3.63, 3.8) is 0 Å². The molecule has 0 radical (unpaired) electrons. The maximum absolute atomic E-state index is 10.5. The van der Waals surface area contributed by atoms with E-state index in [0.717, 1.165) is 0 Å². The topological polar surface area (TPSA) is 93.1 Å². The van der Waals surface area contributed by atoms with E-state index in [4.69, 9.17) is 14.0 Å². The number of ether oxygens (including phenoxy) is 2. The van der Waals surface area contributed by atoms with Gasteiger partial charge in [0.15, 0.2) is 0 Å². The fourth-order valence-corrected chi connectivity index (χ4v) is 1.76. The normalized spacial score (nSPS) is 12.4. The molecule has 1 aromatic rings. The van der Waals surface area contributed by atoms with Crippen molar-refractivity contribution >= 4 is 39.7 Å². The van der Waals surface area contributed by atoms with E-state index >= 15 is 0 Å². The van der Waals surface area contributed by atoms with Gasteiger partial charge in [0.1, 0.15) is 30.0 Å². The Bertz CT molecular complexity index is 461. The molecule has 0 saturated carbocycles. The van der Waals surface area contributed by atoms with Crippen molar-refractivity contribution in [1.29, 1.82) is 0 Å². The van der Waals surface area contributed by atoms with Crippen LogP contribution in [0.4, 0.5) is 0 Å². The molecular weight excluding hydrogens is 271 g/mol. The first-order chi connectivity index (χ1) is 7.90. The second-order valence-electron chi connectivity index (χ2n) is 3.39. The molecule has 0 aliphatic carbocycles. The van der Waals surface area contributed by atoms with E-state index in [-0.39, 0.29) is 36.2 Å². The first-order valence-corrected chi connectivity index (χ1v) is 6.41. The van der Waals surface area contributed by atoms with Crippen molar-refractivity contribution < 1.29 is 27.6 Å². The summed E-state index contributed by atoms with van der Waals surface area (Å²) in [7, 11) is -2.69. The second-order valence-corrected chi connectivity index (χ2v) is 4.89. The predicted octanol–water partition coefficient (Wildman–Crippen LogP) is -0.326. The molecule has 1 rings (SSSR count). The second kappa shape index (κ2) is 7.98. The fraction of sp³-hybridized carbons (Fsp3) is 0.400. The minimum atomic E-state index is -4.20. The summed E-state index contributed by atoms with van der Waals surface area (Å²) in [5.74, 6) is 0.280.